The molecule has 142 valence electrons. The first kappa shape index (κ1) is 19.2. The van der Waals surface area contributed by atoms with Crippen molar-refractivity contribution in [3.8, 4) is 0 Å². The lowest BCUT2D eigenvalue weighted by molar-refractivity contribution is -0.130. The zero-order valence-corrected chi connectivity index (χ0v) is 16.4. The third-order valence-corrected chi connectivity index (χ3v) is 5.38. The lowest BCUT2D eigenvalue weighted by Gasteiger charge is -2.27. The van der Waals surface area contributed by atoms with Crippen LogP contribution in [0.3, 0.4) is 0 Å². The molecule has 3 rings (SSSR count). The van der Waals surface area contributed by atoms with Crippen LogP contribution in [0, 0.1) is 0 Å². The molecule has 0 aromatic heterocycles. The summed E-state index contributed by atoms with van der Waals surface area (Å²) in [5, 5.41) is 0. The zero-order chi connectivity index (χ0) is 19.4. The number of hydrogen-bond donors (Lipinski definition) is 0. The SMILES string of the molecule is CC(C)c1ccc(CN2C(=O)CCC2CC(=O)N(C)c2ccccc2)cc1. The van der Waals surface area contributed by atoms with E-state index in [1.165, 1.54) is 5.56 Å². The van der Waals surface area contributed by atoms with Crippen molar-refractivity contribution in [2.45, 2.75) is 51.6 Å². The first-order valence-corrected chi connectivity index (χ1v) is 9.65. The second kappa shape index (κ2) is 8.38. The van der Waals surface area contributed by atoms with E-state index in [0.717, 1.165) is 17.7 Å². The van der Waals surface area contributed by atoms with Gasteiger partial charge in [-0.15, -0.1) is 0 Å². The van der Waals surface area contributed by atoms with E-state index in [-0.39, 0.29) is 17.9 Å². The molecule has 4 nitrogen and oxygen atoms in total. The molecule has 1 fully saturated rings. The highest BCUT2D eigenvalue weighted by atomic mass is 16.2. The fourth-order valence-electron chi connectivity index (χ4n) is 3.56. The molecule has 27 heavy (non-hydrogen) atoms. The van der Waals surface area contributed by atoms with Crippen LogP contribution >= 0.6 is 0 Å². The van der Waals surface area contributed by atoms with E-state index in [1.807, 2.05) is 35.2 Å². The molecule has 1 saturated heterocycles. The molecule has 2 amide bonds. The number of likely N-dealkylation sites (tertiary alicyclic amines) is 1. The summed E-state index contributed by atoms with van der Waals surface area (Å²) in [4.78, 5) is 28.7. The molecule has 0 N–H and O–H groups in total. The summed E-state index contributed by atoms with van der Waals surface area (Å²) < 4.78 is 0. The van der Waals surface area contributed by atoms with Gasteiger partial charge in [-0.1, -0.05) is 56.3 Å². The lowest BCUT2D eigenvalue weighted by atomic mass is 10.0. The highest BCUT2D eigenvalue weighted by molar-refractivity contribution is 5.93. The van der Waals surface area contributed by atoms with Crippen molar-refractivity contribution in [2.75, 3.05) is 11.9 Å². The van der Waals surface area contributed by atoms with Crippen molar-refractivity contribution in [2.24, 2.45) is 0 Å². The number of carbonyl (C=O) groups excluding carboxylic acids is 2. The summed E-state index contributed by atoms with van der Waals surface area (Å²) in [6.45, 7) is 4.91. The maximum absolute atomic E-state index is 12.7. The van der Waals surface area contributed by atoms with Crippen LogP contribution in [-0.2, 0) is 16.1 Å². The molecule has 0 radical (unpaired) electrons. The quantitative estimate of drug-likeness (QED) is 0.764. The van der Waals surface area contributed by atoms with Gasteiger partial charge in [0.2, 0.25) is 11.8 Å². The third-order valence-electron chi connectivity index (χ3n) is 5.38. The van der Waals surface area contributed by atoms with Gasteiger partial charge in [0.15, 0.2) is 0 Å². The second-order valence-electron chi connectivity index (χ2n) is 7.60. The second-order valence-corrected chi connectivity index (χ2v) is 7.60. The van der Waals surface area contributed by atoms with Gasteiger partial charge >= 0.3 is 0 Å². The van der Waals surface area contributed by atoms with Gasteiger partial charge in [0, 0.05) is 38.2 Å². The molecule has 1 unspecified atom stereocenters. The molecule has 1 aliphatic heterocycles. The van der Waals surface area contributed by atoms with Crippen molar-refractivity contribution in [1.29, 1.82) is 0 Å². The van der Waals surface area contributed by atoms with Crippen molar-refractivity contribution in [3.63, 3.8) is 0 Å². The lowest BCUT2D eigenvalue weighted by Crippen LogP contribution is -2.37. The largest absolute Gasteiger partial charge is 0.335 e. The average molecular weight is 364 g/mol. The minimum Gasteiger partial charge on any atom is -0.335 e. The topological polar surface area (TPSA) is 40.6 Å². The van der Waals surface area contributed by atoms with Gasteiger partial charge in [0.25, 0.3) is 0 Å². The molecule has 0 bridgehead atoms. The van der Waals surface area contributed by atoms with E-state index >= 15 is 0 Å². The maximum atomic E-state index is 12.7. The number of para-hydroxylation sites is 1. The van der Waals surface area contributed by atoms with E-state index in [9.17, 15) is 9.59 Å². The molecule has 2 aromatic carbocycles. The smallest absolute Gasteiger partial charge is 0.228 e. The minimum atomic E-state index is -0.0269. The van der Waals surface area contributed by atoms with Crippen LogP contribution in [0.25, 0.3) is 0 Å². The molecule has 1 atom stereocenters. The fraction of sp³-hybridized carbons (Fsp3) is 0.391. The first-order valence-electron chi connectivity index (χ1n) is 9.65. The Bertz CT molecular complexity index is 784. The van der Waals surface area contributed by atoms with Crippen molar-refractivity contribution >= 4 is 17.5 Å². The van der Waals surface area contributed by atoms with E-state index in [0.29, 0.717) is 25.3 Å². The molecule has 2 aromatic rings. The van der Waals surface area contributed by atoms with E-state index in [2.05, 4.69) is 38.1 Å². The van der Waals surface area contributed by atoms with Crippen LogP contribution in [0.15, 0.2) is 54.6 Å². The zero-order valence-electron chi connectivity index (χ0n) is 16.4. The summed E-state index contributed by atoms with van der Waals surface area (Å²) in [5.41, 5.74) is 3.29. The number of carbonyl (C=O) groups is 2. The number of benzene rings is 2. The van der Waals surface area contributed by atoms with Gasteiger partial charge in [0.05, 0.1) is 0 Å². The molecular weight excluding hydrogens is 336 g/mol. The summed E-state index contributed by atoms with van der Waals surface area (Å²) in [6, 6.07) is 18.0. The molecule has 4 heteroatoms. The number of hydrogen-bond acceptors (Lipinski definition) is 2. The molecule has 0 saturated carbocycles. The standard InChI is InChI=1S/C23H28N2O2/c1-17(2)19-11-9-18(10-12-19)16-25-21(13-14-22(25)26)15-23(27)24(3)20-7-5-4-6-8-20/h4-12,17,21H,13-16H2,1-3H3. The summed E-state index contributed by atoms with van der Waals surface area (Å²) >= 11 is 0. The Balaban J connectivity index is 1.66. The van der Waals surface area contributed by atoms with Gasteiger partial charge in [-0.05, 0) is 35.6 Å². The van der Waals surface area contributed by atoms with Crippen molar-refractivity contribution < 1.29 is 9.59 Å². The van der Waals surface area contributed by atoms with Crippen LogP contribution in [0.1, 0.15) is 50.2 Å². The number of nitrogens with zero attached hydrogens (tertiary/aromatic N) is 2. The van der Waals surface area contributed by atoms with Gasteiger partial charge < -0.3 is 9.80 Å². The van der Waals surface area contributed by atoms with E-state index < -0.39 is 0 Å². The van der Waals surface area contributed by atoms with E-state index in [4.69, 9.17) is 0 Å². The predicted molar refractivity (Wildman–Crippen MR) is 109 cm³/mol. The highest BCUT2D eigenvalue weighted by Gasteiger charge is 2.33. The number of amides is 2. The van der Waals surface area contributed by atoms with Gasteiger partial charge in [-0.2, -0.15) is 0 Å². The van der Waals surface area contributed by atoms with Crippen LogP contribution in [0.5, 0.6) is 0 Å². The third kappa shape index (κ3) is 4.57. The summed E-state index contributed by atoms with van der Waals surface area (Å²) in [7, 11) is 1.80. The van der Waals surface area contributed by atoms with Gasteiger partial charge in [-0.25, -0.2) is 0 Å². The number of anilines is 1. The summed E-state index contributed by atoms with van der Waals surface area (Å²) in [6.07, 6.45) is 1.63. The Morgan fingerprint density at radius 1 is 1.11 bits per heavy atom. The van der Waals surface area contributed by atoms with Gasteiger partial charge in [-0.3, -0.25) is 9.59 Å². The minimum absolute atomic E-state index is 0.0269. The van der Waals surface area contributed by atoms with E-state index in [1.54, 1.807) is 11.9 Å². The Morgan fingerprint density at radius 3 is 2.41 bits per heavy atom. The monoisotopic (exact) mass is 364 g/mol. The van der Waals surface area contributed by atoms with Crippen LogP contribution in [0.2, 0.25) is 0 Å². The summed E-state index contributed by atoms with van der Waals surface area (Å²) in [5.74, 6) is 0.676. The highest BCUT2D eigenvalue weighted by Crippen LogP contribution is 2.26. The fourth-order valence-corrected chi connectivity index (χ4v) is 3.56. The molecule has 0 aliphatic carbocycles. The Kier molecular flexibility index (Phi) is 5.94. The Hall–Kier alpha value is -2.62. The average Bonchev–Trinajstić information content (AvgIpc) is 3.02. The van der Waals surface area contributed by atoms with Gasteiger partial charge in [0.1, 0.15) is 0 Å². The maximum Gasteiger partial charge on any atom is 0.228 e. The number of rotatable bonds is 6. The predicted octanol–water partition coefficient (Wildman–Crippen LogP) is 4.35. The Morgan fingerprint density at radius 2 is 1.78 bits per heavy atom. The molecule has 1 aliphatic rings. The molecular formula is C23H28N2O2. The molecule has 0 spiro atoms. The van der Waals surface area contributed by atoms with Crippen LogP contribution in [0.4, 0.5) is 5.69 Å². The normalized spacial score (nSPS) is 16.8. The molecule has 1 heterocycles. The Labute approximate surface area is 161 Å². The first-order chi connectivity index (χ1) is 13.0. The van der Waals surface area contributed by atoms with Crippen molar-refractivity contribution in [1.82, 2.24) is 4.90 Å². The van der Waals surface area contributed by atoms with Crippen LogP contribution < -0.4 is 4.90 Å². The van der Waals surface area contributed by atoms with Crippen LogP contribution in [-0.4, -0.2) is 29.8 Å². The van der Waals surface area contributed by atoms with Crippen molar-refractivity contribution in [3.05, 3.63) is 65.7 Å².